The Hall–Kier alpha value is -0.660. The van der Waals surface area contributed by atoms with Gasteiger partial charge in [-0.1, -0.05) is 0 Å². The molecule has 0 aromatic heterocycles. The highest BCUT2D eigenvalue weighted by Crippen LogP contribution is 2.14. The van der Waals surface area contributed by atoms with E-state index in [4.69, 9.17) is 9.47 Å². The summed E-state index contributed by atoms with van der Waals surface area (Å²) >= 11 is 0. The van der Waals surface area contributed by atoms with Crippen molar-refractivity contribution in [3.8, 4) is 0 Å². The molecule has 0 aromatic carbocycles. The normalized spacial score (nSPS) is 16.6. The minimum Gasteiger partial charge on any atom is -0.428 e. The molecule has 1 aliphatic rings. The standard InChI is InChI=1S/C5H8O2/c1-4(2)5-6-3-7-5/h3H2,1-2H3. The quantitative estimate of drug-likeness (QED) is 0.456. The fraction of sp³-hybridized carbons (Fsp3) is 0.600. The van der Waals surface area contributed by atoms with E-state index in [0.717, 1.165) is 5.57 Å². The minimum absolute atomic E-state index is 0.431. The molecule has 0 aliphatic carbocycles. The van der Waals surface area contributed by atoms with E-state index in [1.54, 1.807) is 0 Å². The lowest BCUT2D eigenvalue weighted by molar-refractivity contribution is -0.168. The predicted octanol–water partition coefficient (Wildman–Crippen LogP) is 1.24. The van der Waals surface area contributed by atoms with E-state index >= 15 is 0 Å². The molecule has 1 fully saturated rings. The van der Waals surface area contributed by atoms with Gasteiger partial charge in [0.2, 0.25) is 6.79 Å². The van der Waals surface area contributed by atoms with Gasteiger partial charge >= 0.3 is 0 Å². The Morgan fingerprint density at radius 1 is 1.43 bits per heavy atom. The number of hydrogen-bond donors (Lipinski definition) is 0. The zero-order valence-corrected chi connectivity index (χ0v) is 4.52. The Bertz CT molecular complexity index is 94.6. The first-order valence-electron chi connectivity index (χ1n) is 2.24. The molecule has 2 nitrogen and oxygen atoms in total. The molecule has 1 aliphatic heterocycles. The van der Waals surface area contributed by atoms with Crippen molar-refractivity contribution in [1.82, 2.24) is 0 Å². The first-order valence-corrected chi connectivity index (χ1v) is 2.24. The first kappa shape index (κ1) is 4.50. The Morgan fingerprint density at radius 3 is 2.00 bits per heavy atom. The lowest BCUT2D eigenvalue weighted by Gasteiger charge is -2.20. The van der Waals surface area contributed by atoms with Crippen molar-refractivity contribution in [1.29, 1.82) is 0 Å². The predicted molar refractivity (Wildman–Crippen MR) is 25.4 cm³/mol. The molecule has 0 unspecified atom stereocenters. The van der Waals surface area contributed by atoms with Crippen LogP contribution in [0.5, 0.6) is 0 Å². The Balaban J connectivity index is 2.52. The third-order valence-corrected chi connectivity index (χ3v) is 0.788. The van der Waals surface area contributed by atoms with Crippen LogP contribution in [0.25, 0.3) is 0 Å². The number of allylic oxidation sites excluding steroid dienone is 1. The highest BCUT2D eigenvalue weighted by molar-refractivity contribution is 4.97. The molecule has 0 atom stereocenters. The van der Waals surface area contributed by atoms with Gasteiger partial charge in [-0.15, -0.1) is 0 Å². The molecule has 0 amide bonds. The van der Waals surface area contributed by atoms with Crippen molar-refractivity contribution in [2.75, 3.05) is 6.79 Å². The summed E-state index contributed by atoms with van der Waals surface area (Å²) in [5.41, 5.74) is 1.10. The van der Waals surface area contributed by atoms with Crippen molar-refractivity contribution in [3.05, 3.63) is 11.5 Å². The van der Waals surface area contributed by atoms with Crippen LogP contribution in [0.15, 0.2) is 11.5 Å². The molecular formula is C5H8O2. The molecule has 0 saturated carbocycles. The van der Waals surface area contributed by atoms with Crippen LogP contribution in [0.4, 0.5) is 0 Å². The molecule has 40 valence electrons. The van der Waals surface area contributed by atoms with Crippen LogP contribution in [0.1, 0.15) is 13.8 Å². The summed E-state index contributed by atoms with van der Waals surface area (Å²) in [6.45, 7) is 4.34. The molecule has 0 bridgehead atoms. The summed E-state index contributed by atoms with van der Waals surface area (Å²) in [6, 6.07) is 0. The SMILES string of the molecule is CC(C)=C1OCO1. The molecule has 0 N–H and O–H groups in total. The van der Waals surface area contributed by atoms with Gasteiger partial charge < -0.3 is 9.47 Å². The molecule has 0 spiro atoms. The lowest BCUT2D eigenvalue weighted by Crippen LogP contribution is -2.13. The second-order valence-electron chi connectivity index (χ2n) is 1.69. The van der Waals surface area contributed by atoms with Gasteiger partial charge in [0.15, 0.2) is 0 Å². The van der Waals surface area contributed by atoms with E-state index in [1.165, 1.54) is 0 Å². The van der Waals surface area contributed by atoms with E-state index in [2.05, 4.69) is 0 Å². The Kier molecular flexibility index (Phi) is 0.929. The maximum absolute atomic E-state index is 4.85. The monoisotopic (exact) mass is 100 g/mol. The van der Waals surface area contributed by atoms with Gasteiger partial charge in [0.25, 0.3) is 5.95 Å². The topological polar surface area (TPSA) is 18.5 Å². The van der Waals surface area contributed by atoms with Crippen molar-refractivity contribution in [2.45, 2.75) is 13.8 Å². The van der Waals surface area contributed by atoms with Gasteiger partial charge in [-0.25, -0.2) is 0 Å². The van der Waals surface area contributed by atoms with Crippen LogP contribution < -0.4 is 0 Å². The van der Waals surface area contributed by atoms with Gasteiger partial charge in [-0.2, -0.15) is 0 Å². The highest BCUT2D eigenvalue weighted by atomic mass is 16.8. The van der Waals surface area contributed by atoms with Crippen LogP contribution in [0, 0.1) is 0 Å². The molecule has 7 heavy (non-hydrogen) atoms. The number of hydrogen-bond acceptors (Lipinski definition) is 2. The van der Waals surface area contributed by atoms with Gasteiger partial charge in [0.1, 0.15) is 0 Å². The van der Waals surface area contributed by atoms with Crippen molar-refractivity contribution in [2.24, 2.45) is 0 Å². The van der Waals surface area contributed by atoms with Gasteiger partial charge in [0.05, 0.1) is 0 Å². The highest BCUT2D eigenvalue weighted by Gasteiger charge is 2.10. The molecule has 0 radical (unpaired) electrons. The molecule has 1 heterocycles. The third kappa shape index (κ3) is 0.683. The van der Waals surface area contributed by atoms with Crippen LogP contribution in [-0.4, -0.2) is 6.79 Å². The van der Waals surface area contributed by atoms with E-state index in [9.17, 15) is 0 Å². The van der Waals surface area contributed by atoms with Crippen molar-refractivity contribution < 1.29 is 9.47 Å². The Labute approximate surface area is 42.7 Å². The van der Waals surface area contributed by atoms with Gasteiger partial charge in [0, 0.05) is 5.57 Å². The van der Waals surface area contributed by atoms with Gasteiger partial charge in [-0.3, -0.25) is 0 Å². The van der Waals surface area contributed by atoms with Crippen LogP contribution >= 0.6 is 0 Å². The van der Waals surface area contributed by atoms with E-state index in [-0.39, 0.29) is 0 Å². The van der Waals surface area contributed by atoms with Crippen LogP contribution in [-0.2, 0) is 9.47 Å². The summed E-state index contributed by atoms with van der Waals surface area (Å²) in [7, 11) is 0. The summed E-state index contributed by atoms with van der Waals surface area (Å²) in [4.78, 5) is 0. The smallest absolute Gasteiger partial charge is 0.283 e. The lowest BCUT2D eigenvalue weighted by atomic mass is 10.4. The van der Waals surface area contributed by atoms with Crippen molar-refractivity contribution >= 4 is 0 Å². The largest absolute Gasteiger partial charge is 0.428 e. The summed E-state index contributed by atoms with van der Waals surface area (Å²) in [5.74, 6) is 0.694. The zero-order valence-electron chi connectivity index (χ0n) is 4.52. The average molecular weight is 100 g/mol. The fourth-order valence-corrected chi connectivity index (χ4v) is 0.407. The number of rotatable bonds is 0. The fourth-order valence-electron chi connectivity index (χ4n) is 0.407. The Morgan fingerprint density at radius 2 is 2.00 bits per heavy atom. The molecule has 1 rings (SSSR count). The average Bonchev–Trinajstić information content (AvgIpc) is 1.23. The first-order chi connectivity index (χ1) is 3.30. The van der Waals surface area contributed by atoms with Crippen LogP contribution in [0.3, 0.4) is 0 Å². The third-order valence-electron chi connectivity index (χ3n) is 0.788. The summed E-state index contributed by atoms with van der Waals surface area (Å²) in [5, 5.41) is 0. The zero-order chi connectivity index (χ0) is 5.28. The molecule has 1 saturated heterocycles. The minimum atomic E-state index is 0.431. The van der Waals surface area contributed by atoms with E-state index in [0.29, 0.717) is 12.7 Å². The van der Waals surface area contributed by atoms with Gasteiger partial charge in [-0.05, 0) is 13.8 Å². The summed E-state index contributed by atoms with van der Waals surface area (Å²) in [6.07, 6.45) is 0. The number of ether oxygens (including phenoxy) is 2. The van der Waals surface area contributed by atoms with Crippen LogP contribution in [0.2, 0.25) is 0 Å². The molecular weight excluding hydrogens is 92.1 g/mol. The maximum atomic E-state index is 4.85. The van der Waals surface area contributed by atoms with E-state index in [1.807, 2.05) is 13.8 Å². The second-order valence-corrected chi connectivity index (χ2v) is 1.69. The molecule has 0 aromatic rings. The second kappa shape index (κ2) is 1.45. The summed E-state index contributed by atoms with van der Waals surface area (Å²) < 4.78 is 9.70. The van der Waals surface area contributed by atoms with E-state index < -0.39 is 0 Å². The van der Waals surface area contributed by atoms with Crippen molar-refractivity contribution in [3.63, 3.8) is 0 Å². The molecule has 2 heteroatoms. The maximum Gasteiger partial charge on any atom is 0.283 e.